The summed E-state index contributed by atoms with van der Waals surface area (Å²) < 4.78 is 4.69. The summed E-state index contributed by atoms with van der Waals surface area (Å²) in [6.45, 7) is 1.55. The molecule has 0 bridgehead atoms. The van der Waals surface area contributed by atoms with Crippen molar-refractivity contribution in [1.82, 2.24) is 4.90 Å². The number of hydrogen-bond donors (Lipinski definition) is 1. The number of aromatic hydroxyl groups is 1. The van der Waals surface area contributed by atoms with Crippen molar-refractivity contribution in [3.05, 3.63) is 68.0 Å². The number of nitrogens with zero attached hydrogens (tertiary/aromatic N) is 1. The van der Waals surface area contributed by atoms with Crippen LogP contribution in [0.4, 0.5) is 0 Å². The van der Waals surface area contributed by atoms with Crippen molar-refractivity contribution < 1.29 is 14.6 Å². The zero-order valence-corrected chi connectivity index (χ0v) is 16.4. The first kappa shape index (κ1) is 19.1. The number of carbonyl (C=O) groups is 1. The summed E-state index contributed by atoms with van der Waals surface area (Å²) in [5.74, 6) is 0.219. The van der Waals surface area contributed by atoms with Gasteiger partial charge in [-0.1, -0.05) is 29.3 Å². The van der Waals surface area contributed by atoms with Crippen LogP contribution in [0.3, 0.4) is 0 Å². The van der Waals surface area contributed by atoms with Crippen LogP contribution in [0, 0.1) is 0 Å². The van der Waals surface area contributed by atoms with E-state index in [1.54, 1.807) is 30.0 Å². The number of phenolic OH excluding ortho intramolecular Hbond substituents is 1. The lowest BCUT2D eigenvalue weighted by Gasteiger charge is -2.14. The third-order valence-corrected chi connectivity index (χ3v) is 5.44. The maximum Gasteiger partial charge on any atom is 0.341 e. The molecule has 0 radical (unpaired) electrons. The van der Waals surface area contributed by atoms with Gasteiger partial charge in [0.2, 0.25) is 0 Å². The number of ether oxygens (including phenoxy) is 1. The third kappa shape index (κ3) is 4.74. The first-order valence-corrected chi connectivity index (χ1v) is 9.61. The summed E-state index contributed by atoms with van der Waals surface area (Å²) in [6, 6.07) is 10.5. The number of benzene rings is 2. The lowest BCUT2D eigenvalue weighted by atomic mass is 10.1. The lowest BCUT2D eigenvalue weighted by molar-refractivity contribution is 0.0597. The summed E-state index contributed by atoms with van der Waals surface area (Å²) in [6.07, 6.45) is 2.02. The second-order valence-electron chi connectivity index (χ2n) is 5.92. The van der Waals surface area contributed by atoms with E-state index in [0.29, 0.717) is 10.0 Å². The molecule has 0 aliphatic carbocycles. The molecule has 2 aromatic carbocycles. The predicted molar refractivity (Wildman–Crippen MR) is 107 cm³/mol. The molecule has 4 nitrogen and oxygen atoms in total. The van der Waals surface area contributed by atoms with Gasteiger partial charge in [-0.15, -0.1) is 11.8 Å². The van der Waals surface area contributed by atoms with Gasteiger partial charge in [-0.2, -0.15) is 0 Å². The summed E-state index contributed by atoms with van der Waals surface area (Å²) in [5.41, 5.74) is 2.08. The Kier molecular flexibility index (Phi) is 6.14. The molecule has 7 heteroatoms. The summed E-state index contributed by atoms with van der Waals surface area (Å²) in [5, 5.41) is 11.1. The predicted octanol–water partition coefficient (Wildman–Crippen LogP) is 5.03. The number of esters is 1. The standard InChI is InChI=1S/C19H17Cl2NO3S/c1-25-19(24)17-7-12(2-3-18(17)23)6-16-10-22(11-26-16)9-13-4-14(20)8-15(21)5-13/h2-8,23H,9-11H2,1H3. The van der Waals surface area contributed by atoms with Gasteiger partial charge in [0.05, 0.1) is 7.11 Å². The number of halogens is 2. The first-order chi connectivity index (χ1) is 12.4. The Labute approximate surface area is 166 Å². The molecule has 0 spiro atoms. The number of hydrogen-bond acceptors (Lipinski definition) is 5. The lowest BCUT2D eigenvalue weighted by Crippen LogP contribution is -2.18. The fraction of sp³-hybridized carbons (Fsp3) is 0.211. The van der Waals surface area contributed by atoms with E-state index in [1.165, 1.54) is 18.1 Å². The molecular formula is C19H17Cl2NO3S. The quantitative estimate of drug-likeness (QED) is 0.717. The molecular weight excluding hydrogens is 393 g/mol. The highest BCUT2D eigenvalue weighted by Crippen LogP contribution is 2.31. The van der Waals surface area contributed by atoms with Crippen LogP contribution in [0.1, 0.15) is 21.5 Å². The van der Waals surface area contributed by atoms with Gasteiger partial charge in [-0.3, -0.25) is 4.90 Å². The molecule has 0 aromatic heterocycles. The molecule has 2 aromatic rings. The number of carbonyl (C=O) groups excluding carboxylic acids is 1. The van der Waals surface area contributed by atoms with Crippen LogP contribution in [0.2, 0.25) is 10.0 Å². The third-order valence-electron chi connectivity index (χ3n) is 3.89. The van der Waals surface area contributed by atoms with E-state index in [0.717, 1.165) is 30.1 Å². The van der Waals surface area contributed by atoms with Crippen molar-refractivity contribution in [3.63, 3.8) is 0 Å². The highest BCUT2D eigenvalue weighted by molar-refractivity contribution is 8.03. The van der Waals surface area contributed by atoms with Crippen LogP contribution in [0.25, 0.3) is 6.08 Å². The van der Waals surface area contributed by atoms with Gasteiger partial charge in [0.1, 0.15) is 11.3 Å². The molecule has 1 aliphatic rings. The van der Waals surface area contributed by atoms with E-state index in [1.807, 2.05) is 18.2 Å². The van der Waals surface area contributed by atoms with Crippen LogP contribution >= 0.6 is 35.0 Å². The van der Waals surface area contributed by atoms with Crippen molar-refractivity contribution in [3.8, 4) is 5.75 Å². The zero-order chi connectivity index (χ0) is 18.7. The molecule has 3 rings (SSSR count). The average Bonchev–Trinajstić information content (AvgIpc) is 3.01. The van der Waals surface area contributed by atoms with E-state index in [4.69, 9.17) is 27.9 Å². The monoisotopic (exact) mass is 409 g/mol. The maximum atomic E-state index is 11.7. The van der Waals surface area contributed by atoms with Gasteiger partial charge in [0, 0.05) is 33.9 Å². The second kappa shape index (κ2) is 8.35. The molecule has 1 fully saturated rings. The molecule has 26 heavy (non-hydrogen) atoms. The number of rotatable bonds is 4. The highest BCUT2D eigenvalue weighted by atomic mass is 35.5. The van der Waals surface area contributed by atoms with Crippen LogP contribution in [-0.2, 0) is 11.3 Å². The normalized spacial score (nSPS) is 16.2. The van der Waals surface area contributed by atoms with E-state index in [9.17, 15) is 9.90 Å². The van der Waals surface area contributed by atoms with Crippen LogP contribution < -0.4 is 0 Å². The highest BCUT2D eigenvalue weighted by Gasteiger charge is 2.18. The largest absolute Gasteiger partial charge is 0.507 e. The average molecular weight is 410 g/mol. The molecule has 1 aliphatic heterocycles. The van der Waals surface area contributed by atoms with Crippen LogP contribution in [-0.4, -0.2) is 35.5 Å². The molecule has 1 N–H and O–H groups in total. The van der Waals surface area contributed by atoms with Crippen molar-refractivity contribution in [1.29, 1.82) is 0 Å². The Morgan fingerprint density at radius 2 is 2.00 bits per heavy atom. The van der Waals surface area contributed by atoms with Gasteiger partial charge >= 0.3 is 5.97 Å². The number of thioether (sulfide) groups is 1. The minimum absolute atomic E-state index is 0.0856. The minimum atomic E-state index is -0.554. The van der Waals surface area contributed by atoms with Gasteiger partial charge in [0.15, 0.2) is 0 Å². The van der Waals surface area contributed by atoms with Gasteiger partial charge in [0.25, 0.3) is 0 Å². The SMILES string of the molecule is COC(=O)c1cc(C=C2CN(Cc3cc(Cl)cc(Cl)c3)CS2)ccc1O. The Hall–Kier alpha value is -1.66. The fourth-order valence-electron chi connectivity index (χ4n) is 2.74. The number of phenols is 1. The molecule has 136 valence electrons. The van der Waals surface area contributed by atoms with Gasteiger partial charge in [-0.25, -0.2) is 4.79 Å². The zero-order valence-electron chi connectivity index (χ0n) is 14.0. The Morgan fingerprint density at radius 3 is 2.69 bits per heavy atom. The van der Waals surface area contributed by atoms with Crippen molar-refractivity contribution in [2.45, 2.75) is 6.54 Å². The molecule has 1 heterocycles. The van der Waals surface area contributed by atoms with Crippen LogP contribution in [0.15, 0.2) is 41.3 Å². The molecule has 1 saturated heterocycles. The van der Waals surface area contributed by atoms with Crippen LogP contribution in [0.5, 0.6) is 5.75 Å². The molecule has 0 amide bonds. The Balaban J connectivity index is 1.71. The Morgan fingerprint density at radius 1 is 1.27 bits per heavy atom. The fourth-order valence-corrected chi connectivity index (χ4v) is 4.33. The Bertz CT molecular complexity index is 850. The van der Waals surface area contributed by atoms with Gasteiger partial charge in [-0.05, 0) is 47.5 Å². The summed E-state index contributed by atoms with van der Waals surface area (Å²) >= 11 is 13.9. The van der Waals surface area contributed by atoms with E-state index < -0.39 is 5.97 Å². The van der Waals surface area contributed by atoms with E-state index >= 15 is 0 Å². The van der Waals surface area contributed by atoms with E-state index in [2.05, 4.69) is 4.90 Å². The summed E-state index contributed by atoms with van der Waals surface area (Å²) in [4.78, 5) is 15.2. The van der Waals surface area contributed by atoms with Crippen molar-refractivity contribution >= 4 is 47.0 Å². The smallest absolute Gasteiger partial charge is 0.341 e. The first-order valence-electron chi connectivity index (χ1n) is 7.86. The number of methoxy groups -OCH3 is 1. The van der Waals surface area contributed by atoms with E-state index in [-0.39, 0.29) is 11.3 Å². The molecule has 0 atom stereocenters. The molecule has 0 unspecified atom stereocenters. The second-order valence-corrected chi connectivity index (χ2v) is 7.86. The minimum Gasteiger partial charge on any atom is -0.507 e. The molecule has 0 saturated carbocycles. The van der Waals surface area contributed by atoms with Crippen molar-refractivity contribution in [2.75, 3.05) is 19.5 Å². The summed E-state index contributed by atoms with van der Waals surface area (Å²) in [7, 11) is 1.29. The van der Waals surface area contributed by atoms with Crippen molar-refractivity contribution in [2.24, 2.45) is 0 Å². The van der Waals surface area contributed by atoms with Gasteiger partial charge < -0.3 is 9.84 Å². The topological polar surface area (TPSA) is 49.8 Å². The maximum absolute atomic E-state index is 11.7.